The van der Waals surface area contributed by atoms with E-state index in [4.69, 9.17) is 10.2 Å². The van der Waals surface area contributed by atoms with E-state index in [-0.39, 0.29) is 26.1 Å². The molecule has 2 atom stereocenters. The van der Waals surface area contributed by atoms with E-state index >= 15 is 0 Å². The van der Waals surface area contributed by atoms with Crippen LogP contribution in [-0.2, 0) is 4.79 Å². The summed E-state index contributed by atoms with van der Waals surface area (Å²) in [5, 5.41) is 35.9. The highest BCUT2D eigenvalue weighted by molar-refractivity contribution is 5.86. The van der Waals surface area contributed by atoms with Crippen LogP contribution in [-0.4, -0.2) is 51.6 Å². The molecule has 0 saturated heterocycles. The summed E-state index contributed by atoms with van der Waals surface area (Å²) < 4.78 is 0. The van der Waals surface area contributed by atoms with E-state index in [9.17, 15) is 15.0 Å². The van der Waals surface area contributed by atoms with Crippen molar-refractivity contribution in [2.45, 2.75) is 50.7 Å². The molecule has 0 spiro atoms. The summed E-state index contributed by atoms with van der Waals surface area (Å²) in [5.74, 6) is -0.559. The second-order valence-electron chi connectivity index (χ2n) is 3.87. The molecule has 0 aliphatic rings. The molecule has 16 heavy (non-hydrogen) atoms. The Morgan fingerprint density at radius 2 is 1.19 bits per heavy atom. The predicted molar refractivity (Wildman–Crippen MR) is 58.9 cm³/mol. The van der Waals surface area contributed by atoms with Gasteiger partial charge in [-0.05, 0) is 38.5 Å². The molecule has 0 fully saturated rings. The van der Waals surface area contributed by atoms with Gasteiger partial charge in [-0.2, -0.15) is 0 Å². The maximum atomic E-state index is 11.4. The van der Waals surface area contributed by atoms with E-state index in [1.165, 1.54) is 0 Å². The molecule has 0 aromatic carbocycles. The van der Waals surface area contributed by atoms with Gasteiger partial charge in [0.1, 0.15) is 12.2 Å². The minimum absolute atomic E-state index is 0.0416. The van der Waals surface area contributed by atoms with Crippen molar-refractivity contribution in [3.63, 3.8) is 0 Å². The molecule has 96 valence electrons. The maximum Gasteiger partial charge on any atom is 0.189 e. The summed E-state index contributed by atoms with van der Waals surface area (Å²) >= 11 is 0. The Hall–Kier alpha value is -0.490. The summed E-state index contributed by atoms with van der Waals surface area (Å²) in [7, 11) is 0. The SMILES string of the molecule is O=C(C(O)CCCCO)C(O)CCCCO. The fourth-order valence-electron chi connectivity index (χ4n) is 1.41. The predicted octanol–water partition coefficient (Wildman–Crippen LogP) is -0.398. The number of aliphatic hydroxyl groups excluding tert-OH is 4. The largest absolute Gasteiger partial charge is 0.396 e. The van der Waals surface area contributed by atoms with Crippen molar-refractivity contribution in [3.8, 4) is 0 Å². The fourth-order valence-corrected chi connectivity index (χ4v) is 1.41. The van der Waals surface area contributed by atoms with E-state index in [1.807, 2.05) is 0 Å². The lowest BCUT2D eigenvalue weighted by Gasteiger charge is -2.14. The van der Waals surface area contributed by atoms with E-state index < -0.39 is 18.0 Å². The molecule has 5 heteroatoms. The van der Waals surface area contributed by atoms with Crippen LogP contribution in [0.15, 0.2) is 0 Å². The van der Waals surface area contributed by atoms with Crippen LogP contribution < -0.4 is 0 Å². The van der Waals surface area contributed by atoms with Gasteiger partial charge in [-0.3, -0.25) is 4.79 Å². The van der Waals surface area contributed by atoms with Crippen molar-refractivity contribution in [2.24, 2.45) is 0 Å². The molecule has 0 amide bonds. The van der Waals surface area contributed by atoms with Gasteiger partial charge in [0.15, 0.2) is 5.78 Å². The molecule has 0 aliphatic carbocycles. The van der Waals surface area contributed by atoms with Crippen LogP contribution in [0.2, 0.25) is 0 Å². The van der Waals surface area contributed by atoms with E-state index in [2.05, 4.69) is 0 Å². The van der Waals surface area contributed by atoms with Crippen molar-refractivity contribution in [1.82, 2.24) is 0 Å². The molecule has 0 rings (SSSR count). The third-order valence-electron chi connectivity index (χ3n) is 2.43. The highest BCUT2D eigenvalue weighted by atomic mass is 16.3. The molecule has 0 aliphatic heterocycles. The Bertz CT molecular complexity index is 165. The zero-order valence-electron chi connectivity index (χ0n) is 9.51. The van der Waals surface area contributed by atoms with Crippen molar-refractivity contribution >= 4 is 5.78 Å². The molecule has 0 aromatic rings. The molecule has 4 N–H and O–H groups in total. The van der Waals surface area contributed by atoms with Gasteiger partial charge >= 0.3 is 0 Å². The van der Waals surface area contributed by atoms with Crippen LogP contribution in [0.5, 0.6) is 0 Å². The van der Waals surface area contributed by atoms with Gasteiger partial charge in [0, 0.05) is 13.2 Å². The summed E-state index contributed by atoms with van der Waals surface area (Å²) in [5.41, 5.74) is 0. The average molecular weight is 234 g/mol. The minimum Gasteiger partial charge on any atom is -0.396 e. The number of unbranched alkanes of at least 4 members (excludes halogenated alkanes) is 2. The fraction of sp³-hybridized carbons (Fsp3) is 0.909. The van der Waals surface area contributed by atoms with Crippen LogP contribution in [0.4, 0.5) is 0 Å². The first-order chi connectivity index (χ1) is 7.63. The molecule has 0 aromatic heterocycles. The van der Waals surface area contributed by atoms with E-state index in [0.717, 1.165) is 0 Å². The third-order valence-corrected chi connectivity index (χ3v) is 2.43. The first kappa shape index (κ1) is 15.5. The lowest BCUT2D eigenvalue weighted by Crippen LogP contribution is -2.32. The van der Waals surface area contributed by atoms with Gasteiger partial charge in [0.05, 0.1) is 0 Å². The van der Waals surface area contributed by atoms with Crippen LogP contribution >= 0.6 is 0 Å². The van der Waals surface area contributed by atoms with Crippen molar-refractivity contribution in [3.05, 3.63) is 0 Å². The summed E-state index contributed by atoms with van der Waals surface area (Å²) in [4.78, 5) is 11.4. The van der Waals surface area contributed by atoms with Gasteiger partial charge in [-0.15, -0.1) is 0 Å². The topological polar surface area (TPSA) is 98.0 Å². The molecule has 0 heterocycles. The number of ketones is 1. The summed E-state index contributed by atoms with van der Waals surface area (Å²) in [6.45, 7) is 0.0833. The maximum absolute atomic E-state index is 11.4. The first-order valence-electron chi connectivity index (χ1n) is 5.75. The monoisotopic (exact) mass is 234 g/mol. The van der Waals surface area contributed by atoms with Crippen LogP contribution in [0.1, 0.15) is 38.5 Å². The first-order valence-corrected chi connectivity index (χ1v) is 5.75. The Morgan fingerprint density at radius 3 is 1.50 bits per heavy atom. The van der Waals surface area contributed by atoms with E-state index in [1.54, 1.807) is 0 Å². The number of hydrogen-bond donors (Lipinski definition) is 4. The summed E-state index contributed by atoms with van der Waals surface area (Å²) in [6, 6.07) is 0. The second kappa shape index (κ2) is 9.72. The van der Waals surface area contributed by atoms with Gasteiger partial charge < -0.3 is 20.4 Å². The Morgan fingerprint density at radius 1 is 0.812 bits per heavy atom. The highest BCUT2D eigenvalue weighted by Crippen LogP contribution is 2.08. The second-order valence-corrected chi connectivity index (χ2v) is 3.87. The summed E-state index contributed by atoms with van der Waals surface area (Å²) in [6.07, 6.45) is 0.480. The van der Waals surface area contributed by atoms with Crippen LogP contribution in [0.25, 0.3) is 0 Å². The lowest BCUT2D eigenvalue weighted by atomic mass is 10.0. The van der Waals surface area contributed by atoms with Gasteiger partial charge in [-0.25, -0.2) is 0 Å². The Labute approximate surface area is 95.7 Å². The quantitative estimate of drug-likeness (QED) is 0.386. The molecule has 0 saturated carbocycles. The van der Waals surface area contributed by atoms with Crippen molar-refractivity contribution in [1.29, 1.82) is 0 Å². The zero-order chi connectivity index (χ0) is 12.4. The van der Waals surface area contributed by atoms with Crippen LogP contribution in [0.3, 0.4) is 0 Å². The number of carbonyl (C=O) groups excluding carboxylic acids is 1. The number of aliphatic hydroxyl groups is 4. The van der Waals surface area contributed by atoms with E-state index in [0.29, 0.717) is 25.7 Å². The molecule has 5 nitrogen and oxygen atoms in total. The standard InChI is InChI=1S/C11H22O5/c12-7-3-1-5-9(14)11(16)10(15)6-2-4-8-13/h9-10,12-15H,1-8H2. The smallest absolute Gasteiger partial charge is 0.189 e. The zero-order valence-corrected chi connectivity index (χ0v) is 9.51. The minimum atomic E-state index is -1.14. The van der Waals surface area contributed by atoms with Gasteiger partial charge in [0.25, 0.3) is 0 Å². The van der Waals surface area contributed by atoms with Crippen molar-refractivity contribution in [2.75, 3.05) is 13.2 Å². The Kier molecular flexibility index (Phi) is 9.42. The third kappa shape index (κ3) is 6.90. The normalized spacial score (nSPS) is 14.8. The van der Waals surface area contributed by atoms with Gasteiger partial charge in [0.2, 0.25) is 0 Å². The number of Topliss-reactive ketones (excluding diaryl/α,β-unsaturated/α-hetero) is 1. The highest BCUT2D eigenvalue weighted by Gasteiger charge is 2.22. The van der Waals surface area contributed by atoms with Gasteiger partial charge in [-0.1, -0.05) is 0 Å². The molecular formula is C11H22O5. The number of hydrogen-bond acceptors (Lipinski definition) is 5. The number of rotatable bonds is 10. The molecule has 2 unspecified atom stereocenters. The Balaban J connectivity index is 3.73. The average Bonchev–Trinajstić information content (AvgIpc) is 2.28. The molecule has 0 bridgehead atoms. The van der Waals surface area contributed by atoms with Crippen molar-refractivity contribution < 1.29 is 25.2 Å². The number of carbonyl (C=O) groups is 1. The van der Waals surface area contributed by atoms with Crippen LogP contribution in [0, 0.1) is 0 Å². The molecular weight excluding hydrogens is 212 g/mol. The molecule has 0 radical (unpaired) electrons. The lowest BCUT2D eigenvalue weighted by molar-refractivity contribution is -0.136.